The highest BCUT2D eigenvalue weighted by Crippen LogP contribution is 2.41. The van der Waals surface area contributed by atoms with E-state index >= 15 is 0 Å². The molecule has 3 heteroatoms. The highest BCUT2D eigenvalue weighted by molar-refractivity contribution is 5.47. The molecule has 2 aliphatic rings. The topological polar surface area (TPSA) is 0 Å². The van der Waals surface area contributed by atoms with Crippen LogP contribution >= 0.6 is 0 Å². The lowest BCUT2D eigenvalue weighted by atomic mass is 9.69. The Labute approximate surface area is 184 Å². The molecule has 0 heterocycles. The summed E-state index contributed by atoms with van der Waals surface area (Å²) in [7, 11) is 0. The summed E-state index contributed by atoms with van der Waals surface area (Å²) in [6, 6.07) is 7.00. The van der Waals surface area contributed by atoms with Gasteiger partial charge in [0.1, 0.15) is 5.82 Å². The Balaban J connectivity index is 1.42. The zero-order valence-corrected chi connectivity index (χ0v) is 18.3. The smallest absolute Gasteiger partial charge is 0.160 e. The number of unbranched alkanes of at least 4 members (excludes halogenated alkanes) is 1. The van der Waals surface area contributed by atoms with E-state index in [-0.39, 0.29) is 5.82 Å². The van der Waals surface area contributed by atoms with Crippen molar-refractivity contribution in [2.24, 2.45) is 17.8 Å². The Morgan fingerprint density at radius 2 is 1.61 bits per heavy atom. The third kappa shape index (κ3) is 5.35. The van der Waals surface area contributed by atoms with Crippen molar-refractivity contribution in [2.45, 2.75) is 71.1 Å². The van der Waals surface area contributed by atoms with Crippen LogP contribution in [0.4, 0.5) is 13.2 Å². The van der Waals surface area contributed by atoms with Crippen LogP contribution in [0.1, 0.15) is 80.5 Å². The van der Waals surface area contributed by atoms with E-state index in [2.05, 4.69) is 18.8 Å². The average molecular weight is 425 g/mol. The van der Waals surface area contributed by atoms with Crippen LogP contribution in [0.5, 0.6) is 0 Å². The van der Waals surface area contributed by atoms with Gasteiger partial charge in [0.25, 0.3) is 0 Å². The maximum atomic E-state index is 14.7. The van der Waals surface area contributed by atoms with E-state index < -0.39 is 11.6 Å². The zero-order valence-electron chi connectivity index (χ0n) is 18.3. The third-order valence-electron chi connectivity index (χ3n) is 7.34. The van der Waals surface area contributed by atoms with Gasteiger partial charge < -0.3 is 0 Å². The fourth-order valence-corrected chi connectivity index (χ4v) is 5.46. The molecule has 0 amide bonds. The van der Waals surface area contributed by atoms with Gasteiger partial charge in [-0.1, -0.05) is 50.9 Å². The fraction of sp³-hybridized carbons (Fsp3) is 0.500. The fourth-order valence-electron chi connectivity index (χ4n) is 5.46. The molecule has 0 N–H and O–H groups in total. The molecule has 0 saturated heterocycles. The standard InChI is InChI=1S/C28H31F3/c1-2-3-4-19-5-9-21(10-6-19)22-12-13-23-16-24(27(30)18-25(23)17-22)11-7-20-8-14-26(29)28(31)15-20/h8,14-16,18-19,21-22H,2-6,9-10,12-13,17H2,1H3. The number of benzene rings is 2. The lowest BCUT2D eigenvalue weighted by Crippen LogP contribution is -2.26. The van der Waals surface area contributed by atoms with Gasteiger partial charge >= 0.3 is 0 Å². The van der Waals surface area contributed by atoms with Gasteiger partial charge in [0.05, 0.1) is 5.56 Å². The Morgan fingerprint density at radius 1 is 0.806 bits per heavy atom. The largest absolute Gasteiger partial charge is 0.206 e. The molecule has 1 fully saturated rings. The molecule has 31 heavy (non-hydrogen) atoms. The number of hydrogen-bond acceptors (Lipinski definition) is 0. The highest BCUT2D eigenvalue weighted by Gasteiger charge is 2.30. The van der Waals surface area contributed by atoms with Crippen LogP contribution in [0.2, 0.25) is 0 Å². The molecule has 0 aromatic heterocycles. The Bertz CT molecular complexity index is 974. The summed E-state index contributed by atoms with van der Waals surface area (Å²) in [4.78, 5) is 0. The molecule has 1 saturated carbocycles. The van der Waals surface area contributed by atoms with E-state index in [1.54, 1.807) is 6.07 Å². The van der Waals surface area contributed by atoms with Crippen molar-refractivity contribution in [3.05, 3.63) is 70.0 Å². The SMILES string of the molecule is CCCCC1CCC(C2CCc3cc(C#Cc4ccc(F)c(F)c4)c(F)cc3C2)CC1. The van der Waals surface area contributed by atoms with Gasteiger partial charge in [-0.2, -0.15) is 0 Å². The van der Waals surface area contributed by atoms with Crippen LogP contribution in [0.15, 0.2) is 30.3 Å². The van der Waals surface area contributed by atoms with Gasteiger partial charge in [-0.25, -0.2) is 13.2 Å². The van der Waals surface area contributed by atoms with Crippen molar-refractivity contribution in [1.82, 2.24) is 0 Å². The molecule has 2 aliphatic carbocycles. The first-order valence-electron chi connectivity index (χ1n) is 11.8. The minimum absolute atomic E-state index is 0.322. The Morgan fingerprint density at radius 3 is 2.35 bits per heavy atom. The first-order valence-corrected chi connectivity index (χ1v) is 11.8. The van der Waals surface area contributed by atoms with Crippen LogP contribution in [-0.2, 0) is 12.8 Å². The quantitative estimate of drug-likeness (QED) is 0.443. The predicted molar refractivity (Wildman–Crippen MR) is 119 cm³/mol. The van der Waals surface area contributed by atoms with Crippen molar-refractivity contribution >= 4 is 0 Å². The van der Waals surface area contributed by atoms with E-state index in [1.165, 1.54) is 63.0 Å². The molecule has 0 nitrogen and oxygen atoms in total. The van der Waals surface area contributed by atoms with Gasteiger partial charge in [-0.3, -0.25) is 0 Å². The minimum atomic E-state index is -0.942. The highest BCUT2D eigenvalue weighted by atomic mass is 19.2. The molecular weight excluding hydrogens is 393 g/mol. The van der Waals surface area contributed by atoms with Crippen LogP contribution in [0, 0.1) is 47.0 Å². The van der Waals surface area contributed by atoms with E-state index in [0.29, 0.717) is 17.0 Å². The van der Waals surface area contributed by atoms with E-state index in [9.17, 15) is 13.2 Å². The van der Waals surface area contributed by atoms with Crippen molar-refractivity contribution in [2.75, 3.05) is 0 Å². The van der Waals surface area contributed by atoms with Crippen molar-refractivity contribution in [3.8, 4) is 11.8 Å². The monoisotopic (exact) mass is 424 g/mol. The average Bonchev–Trinajstić information content (AvgIpc) is 2.78. The van der Waals surface area contributed by atoms with E-state index in [0.717, 1.165) is 42.4 Å². The molecule has 1 atom stereocenters. The second-order valence-corrected chi connectivity index (χ2v) is 9.41. The number of rotatable bonds is 4. The summed E-state index contributed by atoms with van der Waals surface area (Å²) in [6.45, 7) is 2.27. The maximum Gasteiger partial charge on any atom is 0.160 e. The van der Waals surface area contributed by atoms with Gasteiger partial charge in [0.15, 0.2) is 11.6 Å². The maximum absolute atomic E-state index is 14.7. The zero-order chi connectivity index (χ0) is 21.8. The first kappa shape index (κ1) is 22.0. The second kappa shape index (κ2) is 9.94. The molecule has 4 rings (SSSR count). The second-order valence-electron chi connectivity index (χ2n) is 9.41. The molecule has 2 aromatic rings. The van der Waals surface area contributed by atoms with Crippen molar-refractivity contribution in [3.63, 3.8) is 0 Å². The van der Waals surface area contributed by atoms with Gasteiger partial charge in [0, 0.05) is 5.56 Å². The number of fused-ring (bicyclic) bond motifs is 1. The lowest BCUT2D eigenvalue weighted by molar-refractivity contribution is 0.183. The summed E-state index contributed by atoms with van der Waals surface area (Å²) in [5, 5.41) is 0. The van der Waals surface area contributed by atoms with Gasteiger partial charge in [-0.15, -0.1) is 0 Å². The number of aryl methyl sites for hydroxylation is 1. The van der Waals surface area contributed by atoms with Gasteiger partial charge in [0.2, 0.25) is 0 Å². The normalized spacial score (nSPS) is 23.0. The Hall–Kier alpha value is -2.21. The lowest BCUT2D eigenvalue weighted by Gasteiger charge is -2.36. The van der Waals surface area contributed by atoms with Gasteiger partial charge in [-0.05, 0) is 91.3 Å². The summed E-state index contributed by atoms with van der Waals surface area (Å²) >= 11 is 0. The predicted octanol–water partition coefficient (Wildman–Crippen LogP) is 7.61. The summed E-state index contributed by atoms with van der Waals surface area (Å²) in [6.07, 6.45) is 12.5. The van der Waals surface area contributed by atoms with E-state index in [1.807, 2.05) is 6.07 Å². The molecule has 0 aliphatic heterocycles. The van der Waals surface area contributed by atoms with Crippen LogP contribution < -0.4 is 0 Å². The number of halogens is 3. The van der Waals surface area contributed by atoms with E-state index in [4.69, 9.17) is 0 Å². The van der Waals surface area contributed by atoms with Crippen LogP contribution in [0.25, 0.3) is 0 Å². The van der Waals surface area contributed by atoms with Crippen molar-refractivity contribution < 1.29 is 13.2 Å². The molecule has 1 unspecified atom stereocenters. The third-order valence-corrected chi connectivity index (χ3v) is 7.34. The minimum Gasteiger partial charge on any atom is -0.206 e. The molecule has 0 bridgehead atoms. The van der Waals surface area contributed by atoms with Crippen LogP contribution in [-0.4, -0.2) is 0 Å². The van der Waals surface area contributed by atoms with Crippen LogP contribution in [0.3, 0.4) is 0 Å². The summed E-state index contributed by atoms with van der Waals surface area (Å²) in [5.41, 5.74) is 2.98. The molecule has 164 valence electrons. The molecular formula is C28H31F3. The molecule has 0 spiro atoms. The molecule has 0 radical (unpaired) electrons. The number of hydrogen-bond donors (Lipinski definition) is 0. The summed E-state index contributed by atoms with van der Waals surface area (Å²) < 4.78 is 41.2. The Kier molecular flexibility index (Phi) is 7.06. The van der Waals surface area contributed by atoms with Crippen molar-refractivity contribution in [1.29, 1.82) is 0 Å². The molecule has 2 aromatic carbocycles. The first-order chi connectivity index (χ1) is 15.0. The summed E-state index contributed by atoms with van der Waals surface area (Å²) in [5.74, 6) is 5.76.